The Labute approximate surface area is 143 Å². The van der Waals surface area contributed by atoms with E-state index in [1.165, 1.54) is 23.3 Å². The Hall–Kier alpha value is -1.76. The molecule has 0 radical (unpaired) electrons. The van der Waals surface area contributed by atoms with Gasteiger partial charge in [-0.05, 0) is 29.7 Å². The van der Waals surface area contributed by atoms with Gasteiger partial charge in [-0.1, -0.05) is 20.8 Å². The lowest BCUT2D eigenvalue weighted by Gasteiger charge is -2.44. The predicted octanol–water partition coefficient (Wildman–Crippen LogP) is 3.03. The average Bonchev–Trinajstić information content (AvgIpc) is 2.45. The normalized spacial score (nSPS) is 22.2. The molecule has 1 aromatic carbocycles. The predicted molar refractivity (Wildman–Crippen MR) is 91.2 cm³/mol. The maximum Gasteiger partial charge on any atom is 0.407 e. The van der Waals surface area contributed by atoms with Crippen molar-refractivity contribution < 1.29 is 23.1 Å². The van der Waals surface area contributed by atoms with E-state index in [-0.39, 0.29) is 22.5 Å². The quantitative estimate of drug-likeness (QED) is 0.901. The molecule has 1 heterocycles. The summed E-state index contributed by atoms with van der Waals surface area (Å²) in [6.07, 6.45) is 1.41. The molecule has 1 aliphatic heterocycles. The average molecular weight is 355 g/mol. The zero-order chi connectivity index (χ0) is 18.1. The standard InChI is InChI=1S/C17H25NO5S/c1-17(2,3)15-11-13(9-10-18(15)16(19)20)23-12-5-7-14(8-6-12)24(4,21)22/h5-8,13,15H,9-11H2,1-4H3,(H,19,20). The van der Waals surface area contributed by atoms with Crippen LogP contribution in [0.4, 0.5) is 4.79 Å². The highest BCUT2D eigenvalue weighted by Gasteiger charge is 2.39. The van der Waals surface area contributed by atoms with Gasteiger partial charge in [0.15, 0.2) is 9.84 Å². The van der Waals surface area contributed by atoms with Gasteiger partial charge >= 0.3 is 6.09 Å². The van der Waals surface area contributed by atoms with Crippen molar-refractivity contribution in [3.05, 3.63) is 24.3 Å². The van der Waals surface area contributed by atoms with Crippen molar-refractivity contribution in [3.8, 4) is 5.75 Å². The topological polar surface area (TPSA) is 83.9 Å². The highest BCUT2D eigenvalue weighted by molar-refractivity contribution is 7.90. The second kappa shape index (κ2) is 6.63. The number of sulfone groups is 1. The maximum absolute atomic E-state index is 11.5. The van der Waals surface area contributed by atoms with Gasteiger partial charge in [-0.3, -0.25) is 0 Å². The van der Waals surface area contributed by atoms with Gasteiger partial charge in [-0.25, -0.2) is 13.2 Å². The molecule has 1 aromatic rings. The van der Waals surface area contributed by atoms with Crippen molar-refractivity contribution in [2.24, 2.45) is 5.41 Å². The van der Waals surface area contributed by atoms with Crippen molar-refractivity contribution >= 4 is 15.9 Å². The Bertz CT molecular complexity index is 691. The summed E-state index contributed by atoms with van der Waals surface area (Å²) in [6.45, 7) is 6.51. The van der Waals surface area contributed by atoms with Gasteiger partial charge in [0.2, 0.25) is 0 Å². The van der Waals surface area contributed by atoms with Crippen LogP contribution in [-0.2, 0) is 9.84 Å². The molecule has 134 valence electrons. The number of benzene rings is 1. The first-order valence-electron chi connectivity index (χ1n) is 7.95. The molecule has 1 saturated heterocycles. The number of piperidine rings is 1. The van der Waals surface area contributed by atoms with E-state index in [9.17, 15) is 18.3 Å². The fourth-order valence-electron chi connectivity index (χ4n) is 3.05. The van der Waals surface area contributed by atoms with Crippen LogP contribution in [0.1, 0.15) is 33.6 Å². The first-order chi connectivity index (χ1) is 11.0. The molecule has 6 nitrogen and oxygen atoms in total. The number of hydrogen-bond acceptors (Lipinski definition) is 4. The van der Waals surface area contributed by atoms with Crippen LogP contribution in [-0.4, -0.2) is 49.5 Å². The Kier molecular flexibility index (Phi) is 5.13. The third-order valence-corrected chi connectivity index (χ3v) is 5.48. The van der Waals surface area contributed by atoms with Crippen molar-refractivity contribution in [1.82, 2.24) is 4.90 Å². The second-order valence-electron chi connectivity index (χ2n) is 7.37. The van der Waals surface area contributed by atoms with Crippen LogP contribution < -0.4 is 4.74 Å². The van der Waals surface area contributed by atoms with Crippen LogP contribution in [0.2, 0.25) is 0 Å². The number of hydrogen-bond donors (Lipinski definition) is 1. The Balaban J connectivity index is 2.10. The van der Waals surface area contributed by atoms with Crippen LogP contribution >= 0.6 is 0 Å². The SMILES string of the molecule is CC(C)(C)C1CC(Oc2ccc(S(C)(=O)=O)cc2)CCN1C(=O)O. The molecule has 1 fully saturated rings. The lowest BCUT2D eigenvalue weighted by molar-refractivity contribution is 0.0130. The molecule has 0 aliphatic carbocycles. The second-order valence-corrected chi connectivity index (χ2v) is 9.38. The molecule has 0 saturated carbocycles. The first-order valence-corrected chi connectivity index (χ1v) is 9.84. The zero-order valence-corrected chi connectivity index (χ0v) is 15.3. The molecule has 2 unspecified atom stereocenters. The molecule has 1 N–H and O–H groups in total. The Morgan fingerprint density at radius 1 is 1.25 bits per heavy atom. The van der Waals surface area contributed by atoms with Gasteiger partial charge in [0.1, 0.15) is 11.9 Å². The van der Waals surface area contributed by atoms with E-state index in [4.69, 9.17) is 4.74 Å². The van der Waals surface area contributed by atoms with Gasteiger partial charge in [-0.15, -0.1) is 0 Å². The van der Waals surface area contributed by atoms with Gasteiger partial charge < -0.3 is 14.7 Å². The number of carbonyl (C=O) groups is 1. The molecule has 24 heavy (non-hydrogen) atoms. The summed E-state index contributed by atoms with van der Waals surface area (Å²) in [4.78, 5) is 13.2. The van der Waals surface area contributed by atoms with Gasteiger partial charge in [0.25, 0.3) is 0 Å². The molecule has 7 heteroatoms. The first kappa shape index (κ1) is 18.6. The number of ether oxygens (including phenoxy) is 1. The van der Waals surface area contributed by atoms with Gasteiger partial charge in [0.05, 0.1) is 4.90 Å². The summed E-state index contributed by atoms with van der Waals surface area (Å²) < 4.78 is 28.9. The minimum Gasteiger partial charge on any atom is -0.490 e. The van der Waals surface area contributed by atoms with E-state index < -0.39 is 15.9 Å². The third kappa shape index (κ3) is 4.41. The molecule has 1 amide bonds. The van der Waals surface area contributed by atoms with Crippen LogP contribution in [0, 0.1) is 5.41 Å². The van der Waals surface area contributed by atoms with Crippen molar-refractivity contribution in [2.45, 2.75) is 50.7 Å². The van der Waals surface area contributed by atoms with E-state index in [1.54, 1.807) is 12.1 Å². The lowest BCUT2D eigenvalue weighted by atomic mass is 9.80. The highest BCUT2D eigenvalue weighted by Crippen LogP contribution is 2.33. The van der Waals surface area contributed by atoms with E-state index in [0.29, 0.717) is 25.1 Å². The van der Waals surface area contributed by atoms with Crippen LogP contribution in [0.25, 0.3) is 0 Å². The summed E-state index contributed by atoms with van der Waals surface area (Å²) >= 11 is 0. The van der Waals surface area contributed by atoms with Crippen molar-refractivity contribution in [1.29, 1.82) is 0 Å². The summed E-state index contributed by atoms with van der Waals surface area (Å²) in [5, 5.41) is 9.38. The van der Waals surface area contributed by atoms with Crippen LogP contribution in [0.15, 0.2) is 29.2 Å². The number of nitrogens with zero attached hydrogens (tertiary/aromatic N) is 1. The minimum absolute atomic E-state index is 0.0890. The van der Waals surface area contributed by atoms with E-state index >= 15 is 0 Å². The maximum atomic E-state index is 11.5. The minimum atomic E-state index is -3.23. The summed E-state index contributed by atoms with van der Waals surface area (Å²) in [5.74, 6) is 0.601. The number of amides is 1. The molecule has 2 rings (SSSR count). The van der Waals surface area contributed by atoms with Crippen LogP contribution in [0.3, 0.4) is 0 Å². The molecule has 0 spiro atoms. The zero-order valence-electron chi connectivity index (χ0n) is 14.5. The molecular weight excluding hydrogens is 330 g/mol. The molecular formula is C17H25NO5S. The highest BCUT2D eigenvalue weighted by atomic mass is 32.2. The lowest BCUT2D eigenvalue weighted by Crippen LogP contribution is -2.53. The third-order valence-electron chi connectivity index (χ3n) is 4.35. The molecule has 2 atom stereocenters. The molecule has 0 aromatic heterocycles. The number of likely N-dealkylation sites (tertiary alicyclic amines) is 1. The molecule has 1 aliphatic rings. The van der Waals surface area contributed by atoms with Gasteiger partial charge in [-0.2, -0.15) is 0 Å². The van der Waals surface area contributed by atoms with Crippen LogP contribution in [0.5, 0.6) is 5.75 Å². The number of carboxylic acid groups (broad SMARTS) is 1. The van der Waals surface area contributed by atoms with Crippen molar-refractivity contribution in [3.63, 3.8) is 0 Å². The van der Waals surface area contributed by atoms with Gasteiger partial charge in [0, 0.05) is 31.7 Å². The smallest absolute Gasteiger partial charge is 0.407 e. The fourth-order valence-corrected chi connectivity index (χ4v) is 3.68. The summed E-state index contributed by atoms with van der Waals surface area (Å²) in [7, 11) is -3.23. The van der Waals surface area contributed by atoms with Crippen molar-refractivity contribution in [2.75, 3.05) is 12.8 Å². The monoisotopic (exact) mass is 355 g/mol. The largest absolute Gasteiger partial charge is 0.490 e. The fraction of sp³-hybridized carbons (Fsp3) is 0.588. The van der Waals surface area contributed by atoms with E-state index in [2.05, 4.69) is 0 Å². The van der Waals surface area contributed by atoms with E-state index in [0.717, 1.165) is 0 Å². The number of rotatable bonds is 3. The Morgan fingerprint density at radius 3 is 2.29 bits per heavy atom. The summed E-state index contributed by atoms with van der Waals surface area (Å²) in [6, 6.07) is 6.22. The van der Waals surface area contributed by atoms with E-state index in [1.807, 2.05) is 20.8 Å². The Morgan fingerprint density at radius 2 is 1.83 bits per heavy atom. The molecule has 0 bridgehead atoms. The summed E-state index contributed by atoms with van der Waals surface area (Å²) in [5.41, 5.74) is -0.180.